The van der Waals surface area contributed by atoms with Crippen LogP contribution in [0.15, 0.2) is 0 Å². The van der Waals surface area contributed by atoms with E-state index in [1.807, 2.05) is 14.1 Å². The lowest BCUT2D eigenvalue weighted by molar-refractivity contribution is 1.02. The first-order valence-electron chi connectivity index (χ1n) is 2.91. The first-order valence-corrected chi connectivity index (χ1v) is 4.33. The molecule has 0 amide bonds. The average Bonchev–Trinajstić information content (AvgIpc) is 1.69. The van der Waals surface area contributed by atoms with Crippen LogP contribution < -0.4 is 5.32 Å². The fraction of sp³-hybridized carbons (Fsp3) is 1.00. The van der Waals surface area contributed by atoms with Crippen LogP contribution >= 0.6 is 0 Å². The zero-order valence-corrected chi connectivity index (χ0v) is 7.91. The van der Waals surface area contributed by atoms with Gasteiger partial charge in [0.2, 0.25) is 0 Å². The van der Waals surface area contributed by atoms with Gasteiger partial charge >= 0.3 is 0 Å². The van der Waals surface area contributed by atoms with Gasteiger partial charge in [0.15, 0.2) is 0 Å². The van der Waals surface area contributed by atoms with Crippen molar-refractivity contribution in [1.82, 2.24) is 5.32 Å². The summed E-state index contributed by atoms with van der Waals surface area (Å²) < 4.78 is 0. The van der Waals surface area contributed by atoms with Crippen LogP contribution in [0.1, 0.15) is 13.3 Å². The smallest absolute Gasteiger partial charge is 0.00278 e. The van der Waals surface area contributed by atoms with Gasteiger partial charge in [-0.2, -0.15) is 0 Å². The molecule has 1 nitrogen and oxygen atoms in total. The van der Waals surface area contributed by atoms with E-state index in [9.17, 15) is 0 Å². The normalized spacial score (nSPS) is 7.29. The van der Waals surface area contributed by atoms with Crippen LogP contribution in [0.2, 0.25) is 6.04 Å². The maximum atomic E-state index is 2.75. The van der Waals surface area contributed by atoms with E-state index < -0.39 is 0 Å². The largest absolute Gasteiger partial charge is 0.323 e. The van der Waals surface area contributed by atoms with Crippen molar-refractivity contribution < 1.29 is 0 Å². The molecule has 1 N–H and O–H groups in total. The monoisotopic (exact) mass is 119 g/mol. The van der Waals surface area contributed by atoms with E-state index in [-0.39, 0.29) is 0 Å². The van der Waals surface area contributed by atoms with Crippen molar-refractivity contribution in [2.45, 2.75) is 19.4 Å². The summed E-state index contributed by atoms with van der Waals surface area (Å²) >= 11 is 0. The molecule has 0 aromatic rings. The summed E-state index contributed by atoms with van der Waals surface area (Å²) in [5.41, 5.74) is 0. The van der Waals surface area contributed by atoms with Gasteiger partial charge in [-0.05, 0) is 14.1 Å². The van der Waals surface area contributed by atoms with E-state index in [1.165, 1.54) is 22.7 Å². The van der Waals surface area contributed by atoms with E-state index in [1.54, 1.807) is 0 Å². The Morgan fingerprint density at radius 2 is 1.57 bits per heavy atom. The number of nitrogens with one attached hydrogen (secondary N) is 1. The summed E-state index contributed by atoms with van der Waals surface area (Å²) in [6, 6.07) is 1.46. The molecule has 7 heavy (non-hydrogen) atoms. The first-order chi connectivity index (χ1) is 3.33. The van der Waals surface area contributed by atoms with Gasteiger partial charge in [0.1, 0.15) is 0 Å². The second-order valence-corrected chi connectivity index (χ2v) is 2.50. The minimum absolute atomic E-state index is 1.38. The molecule has 0 spiro atoms. The van der Waals surface area contributed by atoms with Crippen LogP contribution in [0.4, 0.5) is 0 Å². The second kappa shape index (κ2) is 16.4. The summed E-state index contributed by atoms with van der Waals surface area (Å²) in [4.78, 5) is 0. The summed E-state index contributed by atoms with van der Waals surface area (Å²) in [6.45, 7) is 2.22. The van der Waals surface area contributed by atoms with E-state index in [0.29, 0.717) is 0 Å². The van der Waals surface area contributed by atoms with Crippen LogP contribution in [-0.4, -0.2) is 24.3 Å². The molecule has 2 heteroatoms. The maximum Gasteiger partial charge on any atom is 0.00278 e. The molecule has 0 aromatic carbocycles. The SMILES string of the molecule is CCC[SiH3].CNC. The lowest BCUT2D eigenvalue weighted by atomic mass is 10.6. The lowest BCUT2D eigenvalue weighted by Crippen LogP contribution is -1.89. The highest BCUT2D eigenvalue weighted by Gasteiger charge is 1.57. The predicted molar refractivity (Wildman–Crippen MR) is 40.0 cm³/mol. The zero-order valence-electron chi connectivity index (χ0n) is 5.91. The minimum atomic E-state index is 1.38. The van der Waals surface area contributed by atoms with Crippen LogP contribution in [-0.2, 0) is 0 Å². The average molecular weight is 119 g/mol. The highest BCUT2D eigenvalue weighted by Crippen LogP contribution is 1.73. The zero-order chi connectivity index (χ0) is 6.12. The maximum absolute atomic E-state index is 2.75. The predicted octanol–water partition coefficient (Wildman–Crippen LogP) is 0.0157. The van der Waals surface area contributed by atoms with Gasteiger partial charge in [0.25, 0.3) is 0 Å². The standard InChI is InChI=1S/C3H10Si.C2H7N/c1-2-3-4;1-3-2/h2-3H2,1,4H3;3H,1-2H3. The van der Waals surface area contributed by atoms with Gasteiger partial charge in [-0.15, -0.1) is 0 Å². The molecule has 0 heterocycles. The van der Waals surface area contributed by atoms with E-state index in [2.05, 4.69) is 12.2 Å². The van der Waals surface area contributed by atoms with E-state index in [0.717, 1.165) is 0 Å². The molecule has 0 aliphatic rings. The van der Waals surface area contributed by atoms with Gasteiger partial charge in [-0.1, -0.05) is 19.4 Å². The topological polar surface area (TPSA) is 12.0 Å². The summed E-state index contributed by atoms with van der Waals surface area (Å²) in [5.74, 6) is 0. The van der Waals surface area contributed by atoms with Crippen molar-refractivity contribution in [1.29, 1.82) is 0 Å². The number of rotatable bonds is 1. The Bertz CT molecular complexity index is 15.6. The third kappa shape index (κ3) is 77.8. The van der Waals surface area contributed by atoms with E-state index >= 15 is 0 Å². The molecule has 0 bridgehead atoms. The number of hydrogen-bond donors (Lipinski definition) is 1. The Balaban J connectivity index is 0. The molecule has 0 saturated carbocycles. The third-order valence-corrected chi connectivity index (χ3v) is 1.50. The molecular weight excluding hydrogens is 102 g/mol. The third-order valence-electron chi connectivity index (χ3n) is 0.500. The quantitative estimate of drug-likeness (QED) is 0.480. The Morgan fingerprint density at radius 3 is 1.57 bits per heavy atom. The molecule has 0 atom stereocenters. The molecular formula is C5H17NSi. The lowest BCUT2D eigenvalue weighted by Gasteiger charge is -1.67. The molecule has 0 fully saturated rings. The Morgan fingerprint density at radius 1 is 1.43 bits per heavy atom. The molecule has 0 aliphatic carbocycles. The van der Waals surface area contributed by atoms with Gasteiger partial charge < -0.3 is 5.32 Å². The van der Waals surface area contributed by atoms with Crippen LogP contribution in [0, 0.1) is 0 Å². The fourth-order valence-corrected chi connectivity index (χ4v) is 0. The fourth-order valence-electron chi connectivity index (χ4n) is 0. The van der Waals surface area contributed by atoms with Gasteiger partial charge in [-0.25, -0.2) is 0 Å². The highest BCUT2D eigenvalue weighted by atomic mass is 28.1. The Hall–Kier alpha value is 0.177. The Labute approximate surface area is 49.9 Å². The van der Waals surface area contributed by atoms with Crippen molar-refractivity contribution in [2.75, 3.05) is 14.1 Å². The minimum Gasteiger partial charge on any atom is -0.323 e. The van der Waals surface area contributed by atoms with Gasteiger partial charge in [0.05, 0.1) is 0 Å². The first kappa shape index (κ1) is 10.2. The summed E-state index contributed by atoms with van der Waals surface area (Å²) in [5, 5.41) is 2.75. The highest BCUT2D eigenvalue weighted by molar-refractivity contribution is 6.08. The summed E-state index contributed by atoms with van der Waals surface area (Å²) in [7, 11) is 5.14. The molecule has 46 valence electrons. The summed E-state index contributed by atoms with van der Waals surface area (Å²) in [6.07, 6.45) is 1.38. The second-order valence-electron chi connectivity index (χ2n) is 1.50. The van der Waals surface area contributed by atoms with Crippen LogP contribution in [0.25, 0.3) is 0 Å². The van der Waals surface area contributed by atoms with E-state index in [4.69, 9.17) is 0 Å². The Kier molecular flexibility index (Phi) is 23.9. The van der Waals surface area contributed by atoms with Crippen LogP contribution in [0.3, 0.4) is 0 Å². The molecule has 0 aliphatic heterocycles. The van der Waals surface area contributed by atoms with Crippen LogP contribution in [0.5, 0.6) is 0 Å². The van der Waals surface area contributed by atoms with Gasteiger partial charge in [0, 0.05) is 10.2 Å². The number of hydrogen-bond acceptors (Lipinski definition) is 1. The van der Waals surface area contributed by atoms with Crippen molar-refractivity contribution >= 4 is 10.2 Å². The molecule has 0 saturated heterocycles. The van der Waals surface area contributed by atoms with Crippen molar-refractivity contribution in [3.05, 3.63) is 0 Å². The van der Waals surface area contributed by atoms with Crippen molar-refractivity contribution in [3.63, 3.8) is 0 Å². The van der Waals surface area contributed by atoms with Crippen molar-refractivity contribution in [3.8, 4) is 0 Å². The van der Waals surface area contributed by atoms with Gasteiger partial charge in [-0.3, -0.25) is 0 Å². The van der Waals surface area contributed by atoms with Crippen molar-refractivity contribution in [2.24, 2.45) is 0 Å². The molecule has 0 aromatic heterocycles. The molecule has 0 rings (SSSR count). The molecule has 0 unspecified atom stereocenters. The molecule has 0 radical (unpaired) electrons.